The lowest BCUT2D eigenvalue weighted by atomic mass is 9.84. The van der Waals surface area contributed by atoms with E-state index in [1.54, 1.807) is 13.4 Å². The average Bonchev–Trinajstić information content (AvgIpc) is 2.53. The Labute approximate surface area is 127 Å². The van der Waals surface area contributed by atoms with Crippen molar-refractivity contribution in [3.63, 3.8) is 0 Å². The summed E-state index contributed by atoms with van der Waals surface area (Å²) >= 11 is 0. The zero-order chi connectivity index (χ0) is 15.1. The quantitative estimate of drug-likeness (QED) is 0.802. The molecule has 1 aromatic heterocycles. The molecular weight excluding hydrogens is 264 g/mol. The lowest BCUT2D eigenvalue weighted by Crippen LogP contribution is -2.28. The molecule has 2 rings (SSSR count). The maximum Gasteiger partial charge on any atom is 0.204 e. The van der Waals surface area contributed by atoms with Crippen molar-refractivity contribution in [1.82, 2.24) is 9.97 Å². The summed E-state index contributed by atoms with van der Waals surface area (Å²) in [7, 11) is 1.67. The van der Waals surface area contributed by atoms with Crippen LogP contribution in [-0.2, 0) is 0 Å². The zero-order valence-corrected chi connectivity index (χ0v) is 13.5. The number of methoxy groups -OCH3 is 1. The number of anilines is 2. The van der Waals surface area contributed by atoms with Crippen LogP contribution < -0.4 is 15.4 Å². The van der Waals surface area contributed by atoms with Gasteiger partial charge in [-0.05, 0) is 32.1 Å². The normalized spacial score (nSPS) is 17.3. The van der Waals surface area contributed by atoms with E-state index in [-0.39, 0.29) is 0 Å². The molecule has 2 N–H and O–H groups in total. The molecule has 1 heterocycles. The SMILES string of the molecule is CCCNc1ncnc(NC(C)C2CCCCC2)c1OC. The van der Waals surface area contributed by atoms with Gasteiger partial charge in [-0.25, -0.2) is 9.97 Å². The van der Waals surface area contributed by atoms with E-state index < -0.39 is 0 Å². The molecule has 0 saturated heterocycles. The molecular formula is C16H28N4O. The molecule has 1 fully saturated rings. The second kappa shape index (κ2) is 8.05. The molecule has 0 amide bonds. The molecule has 1 aromatic rings. The fourth-order valence-corrected chi connectivity index (χ4v) is 3.01. The highest BCUT2D eigenvalue weighted by Gasteiger charge is 2.22. The van der Waals surface area contributed by atoms with E-state index in [2.05, 4.69) is 34.4 Å². The summed E-state index contributed by atoms with van der Waals surface area (Å²) in [4.78, 5) is 8.65. The van der Waals surface area contributed by atoms with E-state index in [0.29, 0.717) is 11.8 Å². The Balaban J connectivity index is 2.07. The van der Waals surface area contributed by atoms with Crippen molar-refractivity contribution < 1.29 is 4.74 Å². The van der Waals surface area contributed by atoms with Gasteiger partial charge >= 0.3 is 0 Å². The highest BCUT2D eigenvalue weighted by atomic mass is 16.5. The van der Waals surface area contributed by atoms with Gasteiger partial charge in [-0.3, -0.25) is 0 Å². The monoisotopic (exact) mass is 292 g/mol. The summed E-state index contributed by atoms with van der Waals surface area (Å²) in [5.74, 6) is 3.01. The summed E-state index contributed by atoms with van der Waals surface area (Å²) in [6.45, 7) is 5.26. The van der Waals surface area contributed by atoms with Gasteiger partial charge in [0.15, 0.2) is 11.6 Å². The number of nitrogens with one attached hydrogen (secondary N) is 2. The van der Waals surface area contributed by atoms with Gasteiger partial charge in [0.25, 0.3) is 0 Å². The maximum absolute atomic E-state index is 5.51. The van der Waals surface area contributed by atoms with Crippen molar-refractivity contribution in [1.29, 1.82) is 0 Å². The minimum Gasteiger partial charge on any atom is -0.490 e. The lowest BCUT2D eigenvalue weighted by Gasteiger charge is -2.29. The predicted molar refractivity (Wildman–Crippen MR) is 87.0 cm³/mol. The number of rotatable bonds is 7. The van der Waals surface area contributed by atoms with Crippen LogP contribution >= 0.6 is 0 Å². The topological polar surface area (TPSA) is 59.1 Å². The minimum atomic E-state index is 0.410. The molecule has 5 heteroatoms. The molecule has 0 bridgehead atoms. The largest absolute Gasteiger partial charge is 0.490 e. The van der Waals surface area contributed by atoms with Crippen molar-refractivity contribution in [2.24, 2.45) is 5.92 Å². The summed E-state index contributed by atoms with van der Waals surface area (Å²) in [6.07, 6.45) is 9.34. The van der Waals surface area contributed by atoms with E-state index in [9.17, 15) is 0 Å². The standard InChI is InChI=1S/C16H28N4O/c1-4-10-17-15-14(21-3)16(19-11-18-15)20-12(2)13-8-6-5-7-9-13/h11-13H,4-10H2,1-3H3,(H2,17,18,19,20). The Morgan fingerprint density at radius 1 is 1.24 bits per heavy atom. The first-order chi connectivity index (χ1) is 10.3. The third kappa shape index (κ3) is 4.22. The minimum absolute atomic E-state index is 0.410. The van der Waals surface area contributed by atoms with E-state index >= 15 is 0 Å². The Morgan fingerprint density at radius 2 is 1.95 bits per heavy atom. The molecule has 1 aliphatic carbocycles. The highest BCUT2D eigenvalue weighted by Crippen LogP contribution is 2.32. The summed E-state index contributed by atoms with van der Waals surface area (Å²) in [5.41, 5.74) is 0. The Bertz CT molecular complexity index is 432. The second-order valence-electron chi connectivity index (χ2n) is 5.86. The van der Waals surface area contributed by atoms with Crippen molar-refractivity contribution in [2.75, 3.05) is 24.3 Å². The molecule has 0 aliphatic heterocycles. The van der Waals surface area contributed by atoms with E-state index in [1.807, 2.05) is 0 Å². The van der Waals surface area contributed by atoms with E-state index in [1.165, 1.54) is 32.1 Å². The van der Waals surface area contributed by atoms with Gasteiger partial charge in [-0.2, -0.15) is 0 Å². The highest BCUT2D eigenvalue weighted by molar-refractivity contribution is 5.63. The van der Waals surface area contributed by atoms with Crippen LogP contribution in [0.25, 0.3) is 0 Å². The molecule has 21 heavy (non-hydrogen) atoms. The molecule has 118 valence electrons. The number of aromatic nitrogens is 2. The van der Waals surface area contributed by atoms with Gasteiger partial charge in [0.1, 0.15) is 6.33 Å². The van der Waals surface area contributed by atoms with E-state index in [0.717, 1.165) is 30.5 Å². The zero-order valence-electron chi connectivity index (χ0n) is 13.5. The maximum atomic E-state index is 5.51. The van der Waals surface area contributed by atoms with E-state index in [4.69, 9.17) is 4.74 Å². The van der Waals surface area contributed by atoms with Crippen molar-refractivity contribution in [3.05, 3.63) is 6.33 Å². The first-order valence-corrected chi connectivity index (χ1v) is 8.15. The molecule has 0 radical (unpaired) electrons. The molecule has 1 atom stereocenters. The third-order valence-corrected chi connectivity index (χ3v) is 4.27. The van der Waals surface area contributed by atoms with Gasteiger partial charge in [0.05, 0.1) is 7.11 Å². The first-order valence-electron chi connectivity index (χ1n) is 8.15. The molecule has 1 saturated carbocycles. The second-order valence-corrected chi connectivity index (χ2v) is 5.86. The van der Waals surface area contributed by atoms with Crippen LogP contribution in [0.3, 0.4) is 0 Å². The third-order valence-electron chi connectivity index (χ3n) is 4.27. The summed E-state index contributed by atoms with van der Waals surface area (Å²) in [5, 5.41) is 6.82. The van der Waals surface area contributed by atoms with Gasteiger partial charge in [-0.15, -0.1) is 0 Å². The van der Waals surface area contributed by atoms with Gasteiger partial charge < -0.3 is 15.4 Å². The van der Waals surface area contributed by atoms with Gasteiger partial charge in [-0.1, -0.05) is 26.2 Å². The van der Waals surface area contributed by atoms with Crippen LogP contribution in [0.15, 0.2) is 6.33 Å². The lowest BCUT2D eigenvalue weighted by molar-refractivity contribution is 0.327. The molecule has 1 aliphatic rings. The van der Waals surface area contributed by atoms with Gasteiger partial charge in [0.2, 0.25) is 5.75 Å². The number of hydrogen-bond acceptors (Lipinski definition) is 5. The van der Waals surface area contributed by atoms with Crippen LogP contribution in [0.2, 0.25) is 0 Å². The summed E-state index contributed by atoms with van der Waals surface area (Å²) < 4.78 is 5.51. The van der Waals surface area contributed by atoms with Crippen molar-refractivity contribution in [3.8, 4) is 5.75 Å². The molecule has 0 aromatic carbocycles. The average molecular weight is 292 g/mol. The number of hydrogen-bond donors (Lipinski definition) is 2. The molecule has 0 spiro atoms. The fraction of sp³-hybridized carbons (Fsp3) is 0.750. The van der Waals surface area contributed by atoms with Crippen molar-refractivity contribution in [2.45, 2.75) is 58.4 Å². The van der Waals surface area contributed by atoms with Gasteiger partial charge in [0, 0.05) is 12.6 Å². The summed E-state index contributed by atoms with van der Waals surface area (Å²) in [6, 6.07) is 0.410. The molecule has 5 nitrogen and oxygen atoms in total. The Morgan fingerprint density at radius 3 is 2.62 bits per heavy atom. The van der Waals surface area contributed by atoms with Crippen LogP contribution in [0.4, 0.5) is 11.6 Å². The molecule has 1 unspecified atom stereocenters. The smallest absolute Gasteiger partial charge is 0.204 e. The Hall–Kier alpha value is -1.52. The fourth-order valence-electron chi connectivity index (χ4n) is 3.01. The number of ether oxygens (including phenoxy) is 1. The first kappa shape index (κ1) is 15.9. The number of nitrogens with zero attached hydrogens (tertiary/aromatic N) is 2. The van der Waals surface area contributed by atoms with Crippen LogP contribution in [0.5, 0.6) is 5.75 Å². The van der Waals surface area contributed by atoms with Crippen LogP contribution in [-0.4, -0.2) is 29.7 Å². The van der Waals surface area contributed by atoms with Crippen molar-refractivity contribution >= 4 is 11.6 Å². The predicted octanol–water partition coefficient (Wildman–Crippen LogP) is 3.69. The van der Waals surface area contributed by atoms with Crippen LogP contribution in [0.1, 0.15) is 52.4 Å². The van der Waals surface area contributed by atoms with Crippen LogP contribution in [0, 0.1) is 5.92 Å². The Kier molecular flexibility index (Phi) is 6.08.